The van der Waals surface area contributed by atoms with Gasteiger partial charge in [0.25, 0.3) is 0 Å². The van der Waals surface area contributed by atoms with Crippen molar-refractivity contribution in [3.63, 3.8) is 0 Å². The predicted octanol–water partition coefficient (Wildman–Crippen LogP) is 3.54. The van der Waals surface area contributed by atoms with E-state index in [0.717, 1.165) is 10.6 Å². The number of thioether (sulfide) groups is 1. The van der Waals surface area contributed by atoms with Gasteiger partial charge >= 0.3 is 6.07 Å². The maximum Gasteiger partial charge on any atom is 0.318 e. The van der Waals surface area contributed by atoms with E-state index in [0.29, 0.717) is 0 Å². The van der Waals surface area contributed by atoms with E-state index in [9.17, 15) is 5.21 Å². The first kappa shape index (κ1) is 10.2. The molecule has 13 heavy (non-hydrogen) atoms. The van der Waals surface area contributed by atoms with Crippen LogP contribution in [0.1, 0.15) is 10.1 Å². The predicted molar refractivity (Wildman–Crippen MR) is 60.3 cm³/mol. The molecule has 0 N–H and O–H groups in total. The maximum absolute atomic E-state index is 10.1. The quantitative estimate of drug-likeness (QED) is 0.562. The van der Waals surface area contributed by atoms with E-state index >= 15 is 0 Å². The van der Waals surface area contributed by atoms with Gasteiger partial charge in [-0.1, -0.05) is 12.1 Å². The molecule has 4 heteroatoms. The second-order valence-corrected chi connectivity index (χ2v) is 4.36. The van der Waals surface area contributed by atoms with Crippen molar-refractivity contribution >= 4 is 23.1 Å². The standard InChI is InChI=1S/C9H9NOS2/c1-2-5-12-9(7-10-11)8-4-3-6-13-8/h2-4,6,9H,1,5H2. The van der Waals surface area contributed by atoms with Crippen molar-refractivity contribution in [2.45, 2.75) is 5.25 Å². The van der Waals surface area contributed by atoms with Crippen LogP contribution in [-0.4, -0.2) is 5.75 Å². The average Bonchev–Trinajstić information content (AvgIpc) is 2.65. The highest BCUT2D eigenvalue weighted by Gasteiger charge is 2.15. The molecule has 0 spiro atoms. The summed E-state index contributed by atoms with van der Waals surface area (Å²) >= 11 is 3.20. The third-order valence-corrected chi connectivity index (χ3v) is 3.56. The number of hydrogen-bond donors (Lipinski definition) is 0. The zero-order valence-corrected chi connectivity index (χ0v) is 8.61. The van der Waals surface area contributed by atoms with Crippen LogP contribution in [0.15, 0.2) is 30.2 Å². The summed E-state index contributed by atoms with van der Waals surface area (Å²) in [4.78, 5) is 1.10. The van der Waals surface area contributed by atoms with Crippen molar-refractivity contribution in [1.82, 2.24) is 0 Å². The lowest BCUT2D eigenvalue weighted by Gasteiger charge is -1.99. The number of nitrogens with zero attached hydrogens (tertiary/aromatic N) is 1. The lowest BCUT2D eigenvalue weighted by Crippen LogP contribution is -1.86. The first-order valence-corrected chi connectivity index (χ1v) is 5.65. The Morgan fingerprint density at radius 2 is 2.69 bits per heavy atom. The fourth-order valence-corrected chi connectivity index (χ4v) is 2.54. The van der Waals surface area contributed by atoms with Crippen LogP contribution in [0.5, 0.6) is 0 Å². The Hall–Kier alpha value is -0.920. The third-order valence-electron chi connectivity index (χ3n) is 1.35. The number of thiophene rings is 1. The van der Waals surface area contributed by atoms with E-state index in [2.05, 4.69) is 17.7 Å². The lowest BCUT2D eigenvalue weighted by atomic mass is 10.4. The molecule has 1 unspecified atom stereocenters. The Kier molecular flexibility index (Phi) is 4.44. The van der Waals surface area contributed by atoms with Crippen molar-refractivity contribution < 1.29 is 0 Å². The van der Waals surface area contributed by atoms with Gasteiger partial charge in [0.2, 0.25) is 0 Å². The molecule has 0 aromatic carbocycles. The Morgan fingerprint density at radius 1 is 1.85 bits per heavy atom. The molecule has 1 aromatic rings. The van der Waals surface area contributed by atoms with Gasteiger partial charge in [-0.15, -0.1) is 29.7 Å². The minimum absolute atomic E-state index is 0.0458. The Bertz CT molecular complexity index is 310. The topological polar surface area (TPSA) is 27.4 Å². The molecule has 0 aliphatic carbocycles. The minimum Gasteiger partial charge on any atom is -0.498 e. The van der Waals surface area contributed by atoms with Crippen LogP contribution in [0.25, 0.3) is 5.01 Å². The van der Waals surface area contributed by atoms with Gasteiger partial charge in [0, 0.05) is 15.6 Å². The van der Waals surface area contributed by atoms with Gasteiger partial charge in [0.05, 0.1) is 0 Å². The van der Waals surface area contributed by atoms with E-state index < -0.39 is 0 Å². The summed E-state index contributed by atoms with van der Waals surface area (Å²) in [6.07, 6.45) is 1.80. The van der Waals surface area contributed by atoms with Gasteiger partial charge in [-0.25, -0.2) is 0 Å². The molecule has 0 radical (unpaired) electrons. The molecule has 0 saturated heterocycles. The molecule has 1 aromatic heterocycles. The highest BCUT2D eigenvalue weighted by atomic mass is 32.2. The minimum atomic E-state index is -0.0458. The van der Waals surface area contributed by atoms with Crippen LogP contribution < -0.4 is 0 Å². The van der Waals surface area contributed by atoms with Crippen molar-refractivity contribution in [2.24, 2.45) is 0 Å². The summed E-state index contributed by atoms with van der Waals surface area (Å²) < 4.78 is 0. The summed E-state index contributed by atoms with van der Waals surface area (Å²) in [6, 6.07) is 6.44. The molecular formula is C9H9NOS2. The average molecular weight is 211 g/mol. The zero-order valence-electron chi connectivity index (χ0n) is 6.97. The maximum atomic E-state index is 10.1. The van der Waals surface area contributed by atoms with Crippen molar-refractivity contribution in [2.75, 3.05) is 5.75 Å². The van der Waals surface area contributed by atoms with E-state index in [-0.39, 0.29) is 5.25 Å². The fraction of sp³-hybridized carbons (Fsp3) is 0.222. The number of rotatable bonds is 4. The van der Waals surface area contributed by atoms with E-state index in [1.165, 1.54) is 0 Å². The molecule has 0 fully saturated rings. The lowest BCUT2D eigenvalue weighted by molar-refractivity contribution is 1.35. The van der Waals surface area contributed by atoms with Crippen LogP contribution in [0.3, 0.4) is 0 Å². The van der Waals surface area contributed by atoms with Gasteiger partial charge < -0.3 is 5.21 Å². The second-order valence-electron chi connectivity index (χ2n) is 2.24. The normalized spacial score (nSPS) is 11.4. The van der Waals surface area contributed by atoms with Gasteiger partial charge in [-0.2, -0.15) is 0 Å². The van der Waals surface area contributed by atoms with Gasteiger partial charge in [0.1, 0.15) is 0 Å². The molecule has 1 heterocycles. The molecule has 0 saturated carbocycles. The highest BCUT2D eigenvalue weighted by molar-refractivity contribution is 8.00. The SMILES string of the molecule is C=CCSC(C#[N+][O-])c1cccs1. The summed E-state index contributed by atoms with van der Waals surface area (Å²) in [6.45, 7) is 3.62. The molecule has 1 rings (SSSR count). The van der Waals surface area contributed by atoms with Crippen LogP contribution in [0.2, 0.25) is 0 Å². The molecule has 2 nitrogen and oxygen atoms in total. The summed E-state index contributed by atoms with van der Waals surface area (Å²) in [5.41, 5.74) is 0. The molecule has 0 aliphatic rings. The van der Waals surface area contributed by atoms with Crippen LogP contribution >= 0.6 is 23.1 Å². The monoisotopic (exact) mass is 211 g/mol. The van der Waals surface area contributed by atoms with E-state index in [1.54, 1.807) is 29.2 Å². The smallest absolute Gasteiger partial charge is 0.318 e. The second kappa shape index (κ2) is 5.68. The molecular weight excluding hydrogens is 202 g/mol. The van der Waals surface area contributed by atoms with Crippen molar-refractivity contribution in [1.29, 1.82) is 0 Å². The molecule has 0 bridgehead atoms. The molecule has 68 valence electrons. The van der Waals surface area contributed by atoms with Crippen molar-refractivity contribution in [3.05, 3.63) is 45.3 Å². The molecule has 0 amide bonds. The van der Waals surface area contributed by atoms with E-state index in [4.69, 9.17) is 0 Å². The van der Waals surface area contributed by atoms with Gasteiger partial charge in [-0.05, 0) is 11.4 Å². The Labute approximate surface area is 85.7 Å². The van der Waals surface area contributed by atoms with Crippen LogP contribution in [0.4, 0.5) is 0 Å². The number of hydrogen-bond acceptors (Lipinski definition) is 3. The largest absolute Gasteiger partial charge is 0.498 e. The molecule has 1 atom stereocenters. The van der Waals surface area contributed by atoms with Crippen molar-refractivity contribution in [3.8, 4) is 6.07 Å². The summed E-state index contributed by atoms with van der Waals surface area (Å²) in [5, 5.41) is 14.7. The molecule has 0 aliphatic heterocycles. The Morgan fingerprint density at radius 3 is 3.23 bits per heavy atom. The van der Waals surface area contributed by atoms with Gasteiger partial charge in [-0.3, -0.25) is 0 Å². The van der Waals surface area contributed by atoms with Crippen LogP contribution in [0, 0.1) is 11.3 Å². The first-order chi connectivity index (χ1) is 6.38. The fourth-order valence-electron chi connectivity index (χ4n) is 0.836. The van der Waals surface area contributed by atoms with Crippen LogP contribution in [-0.2, 0) is 0 Å². The summed E-state index contributed by atoms with van der Waals surface area (Å²) in [5.74, 6) is 0.797. The Balaban J connectivity index is 2.66. The highest BCUT2D eigenvalue weighted by Crippen LogP contribution is 2.31. The van der Waals surface area contributed by atoms with E-state index in [1.807, 2.05) is 17.5 Å². The third kappa shape index (κ3) is 3.13. The summed E-state index contributed by atoms with van der Waals surface area (Å²) in [7, 11) is 0. The zero-order chi connectivity index (χ0) is 9.52. The van der Waals surface area contributed by atoms with Gasteiger partial charge in [0.15, 0.2) is 5.25 Å². The first-order valence-electron chi connectivity index (χ1n) is 3.72.